The number of hydrogen-bond donors (Lipinski definition) is 0. The van der Waals surface area contributed by atoms with E-state index < -0.39 is 0 Å². The molecule has 0 N–H and O–H groups in total. The van der Waals surface area contributed by atoms with E-state index in [4.69, 9.17) is 16.0 Å². The van der Waals surface area contributed by atoms with Gasteiger partial charge in [-0.05, 0) is 53.9 Å². The Morgan fingerprint density at radius 2 is 1.75 bits per heavy atom. The van der Waals surface area contributed by atoms with Crippen LogP contribution in [0.1, 0.15) is 25.3 Å². The molecule has 0 spiro atoms. The Hall–Kier alpha value is -1.80. The topological polar surface area (TPSA) is 13.1 Å². The van der Waals surface area contributed by atoms with E-state index in [0.29, 0.717) is 22.3 Å². The summed E-state index contributed by atoms with van der Waals surface area (Å²) in [5.74, 6) is 0.842. The Balaban J connectivity index is 2.15. The molecule has 0 atom stereocenters. The van der Waals surface area contributed by atoms with Crippen LogP contribution in [0.4, 0.5) is 4.39 Å². The molecule has 3 rings (SSSR count). The lowest BCUT2D eigenvalue weighted by molar-refractivity contribution is 0.623. The van der Waals surface area contributed by atoms with E-state index in [0.717, 1.165) is 10.9 Å². The van der Waals surface area contributed by atoms with Crippen LogP contribution < -0.4 is 0 Å². The lowest BCUT2D eigenvalue weighted by atomic mass is 10.0. The summed E-state index contributed by atoms with van der Waals surface area (Å²) in [6.45, 7) is 4.25. The van der Waals surface area contributed by atoms with Crippen molar-refractivity contribution in [3.8, 4) is 11.3 Å². The molecule has 20 heavy (non-hydrogen) atoms. The molecule has 0 radical (unpaired) electrons. The lowest BCUT2D eigenvalue weighted by Gasteiger charge is -2.05. The second kappa shape index (κ2) is 4.95. The van der Waals surface area contributed by atoms with Crippen molar-refractivity contribution in [1.82, 2.24) is 0 Å². The molecule has 0 saturated heterocycles. The molecule has 0 amide bonds. The molecule has 0 aliphatic heterocycles. The predicted molar refractivity (Wildman–Crippen MR) is 80.7 cm³/mol. The predicted octanol–water partition coefficient (Wildman–Crippen LogP) is 6.02. The summed E-state index contributed by atoms with van der Waals surface area (Å²) < 4.78 is 18.8. The summed E-state index contributed by atoms with van der Waals surface area (Å²) >= 11 is 6.28. The van der Waals surface area contributed by atoms with E-state index >= 15 is 0 Å². The van der Waals surface area contributed by atoms with Gasteiger partial charge in [-0.25, -0.2) is 4.39 Å². The van der Waals surface area contributed by atoms with Crippen LogP contribution in [0.25, 0.3) is 22.3 Å². The van der Waals surface area contributed by atoms with Crippen LogP contribution >= 0.6 is 11.6 Å². The van der Waals surface area contributed by atoms with Gasteiger partial charge in [0, 0.05) is 10.9 Å². The van der Waals surface area contributed by atoms with Gasteiger partial charge in [-0.3, -0.25) is 0 Å². The average molecular weight is 289 g/mol. The van der Waals surface area contributed by atoms with E-state index in [1.54, 1.807) is 12.1 Å². The van der Waals surface area contributed by atoms with Gasteiger partial charge in [0.15, 0.2) is 5.58 Å². The molecule has 1 nitrogen and oxygen atoms in total. The molecule has 0 aliphatic rings. The van der Waals surface area contributed by atoms with Gasteiger partial charge >= 0.3 is 0 Å². The standard InChI is InChI=1S/C17H14ClFO/c1-10(2)12-7-13-9-16(20-17(13)15(18)8-12)11-3-5-14(19)6-4-11/h3-10H,1-2H3. The number of hydrogen-bond acceptors (Lipinski definition) is 1. The summed E-state index contributed by atoms with van der Waals surface area (Å²) in [4.78, 5) is 0. The zero-order valence-electron chi connectivity index (χ0n) is 11.3. The SMILES string of the molecule is CC(C)c1cc(Cl)c2oc(-c3ccc(F)cc3)cc2c1. The summed E-state index contributed by atoms with van der Waals surface area (Å²) in [6.07, 6.45) is 0. The van der Waals surface area contributed by atoms with Gasteiger partial charge in [-0.1, -0.05) is 25.4 Å². The van der Waals surface area contributed by atoms with Crippen LogP contribution in [-0.2, 0) is 0 Å². The highest BCUT2D eigenvalue weighted by atomic mass is 35.5. The molecule has 102 valence electrons. The van der Waals surface area contributed by atoms with Crippen LogP contribution in [0.5, 0.6) is 0 Å². The highest BCUT2D eigenvalue weighted by molar-refractivity contribution is 6.35. The Kier molecular flexibility index (Phi) is 3.27. The minimum atomic E-state index is -0.259. The Labute approximate surface area is 122 Å². The second-order valence-corrected chi connectivity index (χ2v) is 5.60. The molecule has 0 unspecified atom stereocenters. The first-order valence-corrected chi connectivity index (χ1v) is 6.91. The van der Waals surface area contributed by atoms with Crippen molar-refractivity contribution in [2.45, 2.75) is 19.8 Å². The maximum absolute atomic E-state index is 13.0. The van der Waals surface area contributed by atoms with E-state index in [1.165, 1.54) is 17.7 Å². The molecule has 0 aliphatic carbocycles. The van der Waals surface area contributed by atoms with Crippen LogP contribution in [-0.4, -0.2) is 0 Å². The van der Waals surface area contributed by atoms with Gasteiger partial charge in [0.25, 0.3) is 0 Å². The van der Waals surface area contributed by atoms with Crippen LogP contribution in [0.3, 0.4) is 0 Å². The molecular weight excluding hydrogens is 275 g/mol. The molecule has 3 aromatic rings. The van der Waals surface area contributed by atoms with Crippen molar-refractivity contribution in [3.05, 3.63) is 58.9 Å². The van der Waals surface area contributed by atoms with Gasteiger partial charge in [-0.2, -0.15) is 0 Å². The van der Waals surface area contributed by atoms with Crippen molar-refractivity contribution in [3.63, 3.8) is 0 Å². The van der Waals surface area contributed by atoms with Gasteiger partial charge in [-0.15, -0.1) is 0 Å². The maximum Gasteiger partial charge on any atom is 0.153 e. The zero-order chi connectivity index (χ0) is 14.3. The Morgan fingerprint density at radius 1 is 1.05 bits per heavy atom. The van der Waals surface area contributed by atoms with Crippen molar-refractivity contribution in [2.24, 2.45) is 0 Å². The minimum Gasteiger partial charge on any atom is -0.455 e. The number of furan rings is 1. The fraction of sp³-hybridized carbons (Fsp3) is 0.176. The fourth-order valence-corrected chi connectivity index (χ4v) is 2.50. The zero-order valence-corrected chi connectivity index (χ0v) is 12.0. The first-order chi connectivity index (χ1) is 9.54. The summed E-state index contributed by atoms with van der Waals surface area (Å²) in [7, 11) is 0. The quantitative estimate of drug-likeness (QED) is 0.562. The van der Waals surface area contributed by atoms with Gasteiger partial charge in [0.1, 0.15) is 11.6 Å². The largest absolute Gasteiger partial charge is 0.455 e. The fourth-order valence-electron chi connectivity index (χ4n) is 2.22. The third kappa shape index (κ3) is 2.32. The Morgan fingerprint density at radius 3 is 2.40 bits per heavy atom. The van der Waals surface area contributed by atoms with E-state index in [1.807, 2.05) is 12.1 Å². The van der Waals surface area contributed by atoms with E-state index in [-0.39, 0.29) is 5.82 Å². The minimum absolute atomic E-state index is 0.259. The Bertz CT molecular complexity index is 757. The average Bonchev–Trinajstić information content (AvgIpc) is 2.84. The molecule has 1 aromatic heterocycles. The van der Waals surface area contributed by atoms with Crippen molar-refractivity contribution < 1.29 is 8.81 Å². The van der Waals surface area contributed by atoms with Gasteiger partial charge in [0.2, 0.25) is 0 Å². The van der Waals surface area contributed by atoms with Crippen LogP contribution in [0, 0.1) is 5.82 Å². The third-order valence-corrected chi connectivity index (χ3v) is 3.67. The number of rotatable bonds is 2. The third-order valence-electron chi connectivity index (χ3n) is 3.39. The van der Waals surface area contributed by atoms with Crippen LogP contribution in [0.15, 0.2) is 46.9 Å². The lowest BCUT2D eigenvalue weighted by Crippen LogP contribution is -1.86. The summed E-state index contributed by atoms with van der Waals surface area (Å²) in [5.41, 5.74) is 2.69. The summed E-state index contributed by atoms with van der Waals surface area (Å²) in [5, 5.41) is 1.58. The molecule has 0 bridgehead atoms. The van der Waals surface area contributed by atoms with Gasteiger partial charge < -0.3 is 4.42 Å². The smallest absolute Gasteiger partial charge is 0.153 e. The van der Waals surface area contributed by atoms with E-state index in [9.17, 15) is 4.39 Å². The van der Waals surface area contributed by atoms with Crippen molar-refractivity contribution in [1.29, 1.82) is 0 Å². The highest BCUT2D eigenvalue weighted by Crippen LogP contribution is 2.34. The summed E-state index contributed by atoms with van der Waals surface area (Å²) in [6, 6.07) is 12.2. The molecule has 3 heteroatoms. The normalized spacial score (nSPS) is 11.4. The maximum atomic E-state index is 13.0. The molecule has 1 heterocycles. The van der Waals surface area contributed by atoms with Crippen molar-refractivity contribution in [2.75, 3.05) is 0 Å². The molecule has 0 fully saturated rings. The highest BCUT2D eigenvalue weighted by Gasteiger charge is 2.12. The monoisotopic (exact) mass is 288 g/mol. The van der Waals surface area contributed by atoms with E-state index in [2.05, 4.69) is 19.9 Å². The second-order valence-electron chi connectivity index (χ2n) is 5.19. The van der Waals surface area contributed by atoms with Gasteiger partial charge in [0.05, 0.1) is 5.02 Å². The number of fused-ring (bicyclic) bond motifs is 1. The number of benzene rings is 2. The first kappa shape index (κ1) is 13.2. The first-order valence-electron chi connectivity index (χ1n) is 6.53. The molecular formula is C17H14ClFO. The van der Waals surface area contributed by atoms with Crippen LogP contribution in [0.2, 0.25) is 5.02 Å². The molecule has 2 aromatic carbocycles. The number of halogens is 2. The van der Waals surface area contributed by atoms with Crippen molar-refractivity contribution >= 4 is 22.6 Å². The molecule has 0 saturated carbocycles.